The summed E-state index contributed by atoms with van der Waals surface area (Å²) in [4.78, 5) is 18.9. The maximum Gasteiger partial charge on any atom is 0.221 e. The van der Waals surface area contributed by atoms with Crippen LogP contribution in [0.1, 0.15) is 71.1 Å². The van der Waals surface area contributed by atoms with E-state index in [1.165, 1.54) is 45.1 Å². The van der Waals surface area contributed by atoms with Gasteiger partial charge in [-0.1, -0.05) is 25.7 Å². The van der Waals surface area contributed by atoms with Gasteiger partial charge in [-0.25, -0.2) is 0 Å². The number of rotatable bonds is 8. The van der Waals surface area contributed by atoms with E-state index in [4.69, 9.17) is 0 Å². The second-order valence-electron chi connectivity index (χ2n) is 7.81. The molecule has 1 unspecified atom stereocenters. The fraction of sp³-hybridized carbons (Fsp3) is 0.900. The summed E-state index contributed by atoms with van der Waals surface area (Å²) >= 11 is 0. The number of amides is 1. The van der Waals surface area contributed by atoms with Crippen molar-refractivity contribution in [2.45, 2.75) is 83.2 Å². The van der Waals surface area contributed by atoms with Gasteiger partial charge in [0.25, 0.3) is 0 Å². The number of nitrogens with one attached hydrogen (secondary N) is 3. The highest BCUT2D eigenvalue weighted by Crippen LogP contribution is 2.17. The number of guanidine groups is 1. The number of carbonyl (C=O) groups excluding carboxylic acids is 1. The molecule has 1 aliphatic carbocycles. The van der Waals surface area contributed by atoms with Crippen molar-refractivity contribution in [1.82, 2.24) is 20.9 Å². The van der Waals surface area contributed by atoms with E-state index in [0.29, 0.717) is 19.0 Å². The molecule has 1 amide bonds. The third-order valence-corrected chi connectivity index (χ3v) is 5.69. The van der Waals surface area contributed by atoms with Gasteiger partial charge in [0.05, 0.1) is 0 Å². The van der Waals surface area contributed by atoms with Crippen LogP contribution in [0.3, 0.4) is 0 Å². The van der Waals surface area contributed by atoms with Crippen LogP contribution in [0.4, 0.5) is 0 Å². The van der Waals surface area contributed by atoms with Gasteiger partial charge in [-0.2, -0.15) is 0 Å². The third-order valence-electron chi connectivity index (χ3n) is 5.69. The molecule has 1 atom stereocenters. The maximum absolute atomic E-state index is 12.0. The second-order valence-corrected chi connectivity index (χ2v) is 7.81. The lowest BCUT2D eigenvalue weighted by Crippen LogP contribution is -2.42. The molecule has 0 aromatic carbocycles. The molecule has 6 heteroatoms. The zero-order valence-corrected chi connectivity index (χ0v) is 16.9. The highest BCUT2D eigenvalue weighted by molar-refractivity contribution is 5.81. The van der Waals surface area contributed by atoms with Crippen molar-refractivity contribution in [2.24, 2.45) is 4.99 Å². The number of nitrogens with zero attached hydrogens (tertiary/aromatic N) is 2. The molecule has 0 spiro atoms. The largest absolute Gasteiger partial charge is 0.356 e. The molecule has 3 N–H and O–H groups in total. The van der Waals surface area contributed by atoms with E-state index in [2.05, 4.69) is 32.8 Å². The first kappa shape index (κ1) is 21.0. The maximum atomic E-state index is 12.0. The first-order valence-electron chi connectivity index (χ1n) is 10.7. The summed E-state index contributed by atoms with van der Waals surface area (Å²) in [6.07, 6.45) is 11.7. The second kappa shape index (κ2) is 12.2. The first-order valence-corrected chi connectivity index (χ1v) is 10.7. The van der Waals surface area contributed by atoms with Crippen molar-refractivity contribution < 1.29 is 4.79 Å². The minimum Gasteiger partial charge on any atom is -0.356 e. The summed E-state index contributed by atoms with van der Waals surface area (Å²) in [7, 11) is 1.78. The Balaban J connectivity index is 1.52. The Bertz CT molecular complexity index is 434. The Labute approximate surface area is 159 Å². The van der Waals surface area contributed by atoms with Crippen molar-refractivity contribution >= 4 is 11.9 Å². The molecular weight excluding hydrogens is 326 g/mol. The zero-order valence-electron chi connectivity index (χ0n) is 16.9. The van der Waals surface area contributed by atoms with Crippen LogP contribution < -0.4 is 16.0 Å². The Morgan fingerprint density at radius 3 is 2.50 bits per heavy atom. The average molecular weight is 366 g/mol. The lowest BCUT2D eigenvalue weighted by molar-refractivity contribution is -0.121. The van der Waals surface area contributed by atoms with Crippen LogP contribution in [-0.2, 0) is 4.79 Å². The lowest BCUT2D eigenvalue weighted by Gasteiger charge is -2.33. The van der Waals surface area contributed by atoms with Gasteiger partial charge in [0.15, 0.2) is 5.96 Å². The van der Waals surface area contributed by atoms with Gasteiger partial charge < -0.3 is 20.9 Å². The van der Waals surface area contributed by atoms with Crippen LogP contribution in [0.15, 0.2) is 4.99 Å². The average Bonchev–Trinajstić information content (AvgIpc) is 2.65. The summed E-state index contributed by atoms with van der Waals surface area (Å²) in [6.45, 7) is 6.27. The molecule has 1 heterocycles. The standard InChI is InChI=1S/C20H39N5O/c1-17-9-6-7-15-25(17)16-8-13-22-20(21-2)23-14-12-19(26)24-18-10-4-3-5-11-18/h17-18H,3-16H2,1-2H3,(H,24,26)(H2,21,22,23). The molecule has 150 valence electrons. The Morgan fingerprint density at radius 1 is 1.04 bits per heavy atom. The molecule has 0 aromatic rings. The van der Waals surface area contributed by atoms with Crippen molar-refractivity contribution in [3.63, 3.8) is 0 Å². The van der Waals surface area contributed by atoms with Gasteiger partial charge in [0.2, 0.25) is 5.91 Å². The molecule has 1 aliphatic heterocycles. The number of likely N-dealkylation sites (tertiary alicyclic amines) is 1. The van der Waals surface area contributed by atoms with Gasteiger partial charge in [0, 0.05) is 45.2 Å². The van der Waals surface area contributed by atoms with Gasteiger partial charge in [0.1, 0.15) is 0 Å². The lowest BCUT2D eigenvalue weighted by atomic mass is 9.95. The highest BCUT2D eigenvalue weighted by atomic mass is 16.1. The number of piperidine rings is 1. The van der Waals surface area contributed by atoms with Crippen molar-refractivity contribution in [2.75, 3.05) is 33.2 Å². The van der Waals surface area contributed by atoms with Crippen LogP contribution in [-0.4, -0.2) is 62.1 Å². The SMILES string of the molecule is CN=C(NCCCN1CCCCC1C)NCCC(=O)NC1CCCCC1. The van der Waals surface area contributed by atoms with E-state index >= 15 is 0 Å². The molecule has 6 nitrogen and oxygen atoms in total. The number of aliphatic imine (C=N–C) groups is 1. The molecule has 26 heavy (non-hydrogen) atoms. The molecule has 1 saturated carbocycles. The zero-order chi connectivity index (χ0) is 18.6. The van der Waals surface area contributed by atoms with Crippen LogP contribution in [0, 0.1) is 0 Å². The van der Waals surface area contributed by atoms with Gasteiger partial charge >= 0.3 is 0 Å². The van der Waals surface area contributed by atoms with E-state index in [0.717, 1.165) is 44.4 Å². The van der Waals surface area contributed by atoms with Crippen LogP contribution in [0.25, 0.3) is 0 Å². The molecule has 0 bridgehead atoms. The summed E-state index contributed by atoms with van der Waals surface area (Å²) < 4.78 is 0. The summed E-state index contributed by atoms with van der Waals surface area (Å²) in [5, 5.41) is 9.77. The van der Waals surface area contributed by atoms with Gasteiger partial charge in [-0.15, -0.1) is 0 Å². The van der Waals surface area contributed by atoms with E-state index < -0.39 is 0 Å². The molecule has 2 aliphatic rings. The van der Waals surface area contributed by atoms with Crippen molar-refractivity contribution in [3.05, 3.63) is 0 Å². The minimum absolute atomic E-state index is 0.152. The third kappa shape index (κ3) is 7.94. The summed E-state index contributed by atoms with van der Waals surface area (Å²) in [5.74, 6) is 0.945. The molecular formula is C20H39N5O. The first-order chi connectivity index (χ1) is 12.7. The Morgan fingerprint density at radius 2 is 1.77 bits per heavy atom. The molecule has 1 saturated heterocycles. The normalized spacial score (nSPS) is 22.8. The Kier molecular flexibility index (Phi) is 9.82. The molecule has 2 fully saturated rings. The van der Waals surface area contributed by atoms with Crippen LogP contribution in [0.5, 0.6) is 0 Å². The molecule has 0 aromatic heterocycles. The smallest absolute Gasteiger partial charge is 0.221 e. The van der Waals surface area contributed by atoms with E-state index in [9.17, 15) is 4.79 Å². The van der Waals surface area contributed by atoms with Crippen LogP contribution >= 0.6 is 0 Å². The highest BCUT2D eigenvalue weighted by Gasteiger charge is 2.17. The van der Waals surface area contributed by atoms with E-state index in [-0.39, 0.29) is 5.91 Å². The topological polar surface area (TPSA) is 68.8 Å². The van der Waals surface area contributed by atoms with Gasteiger partial charge in [-0.05, 0) is 45.6 Å². The summed E-state index contributed by atoms with van der Waals surface area (Å²) in [6, 6.07) is 1.12. The minimum atomic E-state index is 0.152. The van der Waals surface area contributed by atoms with Crippen molar-refractivity contribution in [1.29, 1.82) is 0 Å². The molecule has 2 rings (SSSR count). The van der Waals surface area contributed by atoms with E-state index in [1.807, 2.05) is 0 Å². The quantitative estimate of drug-likeness (QED) is 0.351. The van der Waals surface area contributed by atoms with Gasteiger partial charge in [-0.3, -0.25) is 9.79 Å². The predicted octanol–water partition coefficient (Wildman–Crippen LogP) is 2.25. The number of carbonyl (C=O) groups is 1. The fourth-order valence-corrected chi connectivity index (χ4v) is 4.04. The predicted molar refractivity (Wildman–Crippen MR) is 109 cm³/mol. The van der Waals surface area contributed by atoms with Crippen LogP contribution in [0.2, 0.25) is 0 Å². The molecule has 0 radical (unpaired) electrons. The van der Waals surface area contributed by atoms with Crippen molar-refractivity contribution in [3.8, 4) is 0 Å². The van der Waals surface area contributed by atoms with E-state index in [1.54, 1.807) is 7.05 Å². The monoisotopic (exact) mass is 365 g/mol. The number of hydrogen-bond donors (Lipinski definition) is 3. The summed E-state index contributed by atoms with van der Waals surface area (Å²) in [5.41, 5.74) is 0. The fourth-order valence-electron chi connectivity index (χ4n) is 4.04. The number of hydrogen-bond acceptors (Lipinski definition) is 3. The Hall–Kier alpha value is -1.30.